The van der Waals surface area contributed by atoms with Crippen molar-refractivity contribution in [1.82, 2.24) is 4.98 Å². The van der Waals surface area contributed by atoms with E-state index in [0.29, 0.717) is 18.1 Å². The predicted molar refractivity (Wildman–Crippen MR) is 86.3 cm³/mol. The number of hydrogen-bond acceptors (Lipinski definition) is 4. The summed E-state index contributed by atoms with van der Waals surface area (Å²) in [6.07, 6.45) is 0.0716. The van der Waals surface area contributed by atoms with Crippen LogP contribution in [0.5, 0.6) is 0 Å². The van der Waals surface area contributed by atoms with E-state index in [1.807, 2.05) is 43.0 Å². The summed E-state index contributed by atoms with van der Waals surface area (Å²) >= 11 is 7.77. The van der Waals surface area contributed by atoms with Crippen molar-refractivity contribution in [3.63, 3.8) is 0 Å². The molecule has 0 unspecified atom stereocenters. The first-order valence-corrected chi connectivity index (χ1v) is 7.81. The van der Waals surface area contributed by atoms with E-state index in [2.05, 4.69) is 4.98 Å². The van der Waals surface area contributed by atoms with Crippen molar-refractivity contribution < 1.29 is 9.90 Å². The van der Waals surface area contributed by atoms with Crippen LogP contribution in [-0.2, 0) is 11.3 Å². The average Bonchev–Trinajstić information content (AvgIpc) is 2.76. The van der Waals surface area contributed by atoms with Gasteiger partial charge >= 0.3 is 5.97 Å². The number of rotatable bonds is 6. The Morgan fingerprint density at radius 1 is 1.38 bits per heavy atom. The molecule has 0 saturated heterocycles. The fraction of sp³-hybridized carbons (Fsp3) is 0.333. The third-order valence-corrected chi connectivity index (χ3v) is 4.70. The van der Waals surface area contributed by atoms with Crippen molar-refractivity contribution in [3.8, 4) is 0 Å². The molecule has 21 heavy (non-hydrogen) atoms. The van der Waals surface area contributed by atoms with Gasteiger partial charge in [-0.05, 0) is 25.5 Å². The molecule has 112 valence electrons. The SMILES string of the molecule is Cc1nc(N(CCC(=O)O)Cc2ccccc2Cl)sc1C. The zero-order chi connectivity index (χ0) is 15.4. The number of thiazole rings is 1. The molecule has 2 rings (SSSR count). The fourth-order valence-corrected chi connectivity index (χ4v) is 3.03. The molecule has 2 aromatic rings. The highest BCUT2D eigenvalue weighted by Crippen LogP contribution is 2.28. The van der Waals surface area contributed by atoms with E-state index in [4.69, 9.17) is 16.7 Å². The largest absolute Gasteiger partial charge is 0.481 e. The third-order valence-electron chi connectivity index (χ3n) is 3.20. The van der Waals surface area contributed by atoms with Gasteiger partial charge in [0.1, 0.15) is 0 Å². The van der Waals surface area contributed by atoms with Crippen LogP contribution >= 0.6 is 22.9 Å². The first-order valence-electron chi connectivity index (χ1n) is 6.61. The van der Waals surface area contributed by atoms with Crippen LogP contribution in [0, 0.1) is 13.8 Å². The van der Waals surface area contributed by atoms with Gasteiger partial charge in [-0.1, -0.05) is 29.8 Å². The Balaban J connectivity index is 2.23. The van der Waals surface area contributed by atoms with Gasteiger partial charge in [0.2, 0.25) is 0 Å². The molecule has 6 heteroatoms. The number of hydrogen-bond donors (Lipinski definition) is 1. The molecule has 0 bridgehead atoms. The Morgan fingerprint density at radius 2 is 2.10 bits per heavy atom. The monoisotopic (exact) mass is 324 g/mol. The van der Waals surface area contributed by atoms with E-state index >= 15 is 0 Å². The number of carbonyl (C=O) groups is 1. The van der Waals surface area contributed by atoms with Gasteiger partial charge in [-0.2, -0.15) is 0 Å². The molecule has 0 amide bonds. The number of benzene rings is 1. The number of aliphatic carboxylic acids is 1. The van der Waals surface area contributed by atoms with Gasteiger partial charge < -0.3 is 10.0 Å². The van der Waals surface area contributed by atoms with Crippen molar-refractivity contribution in [2.24, 2.45) is 0 Å². The van der Waals surface area contributed by atoms with Crippen molar-refractivity contribution in [2.45, 2.75) is 26.8 Å². The molecule has 0 saturated carbocycles. The predicted octanol–water partition coefficient (Wildman–Crippen LogP) is 3.89. The van der Waals surface area contributed by atoms with Crippen LogP contribution in [0.3, 0.4) is 0 Å². The normalized spacial score (nSPS) is 10.6. The molecule has 0 aliphatic carbocycles. The lowest BCUT2D eigenvalue weighted by Crippen LogP contribution is -2.25. The van der Waals surface area contributed by atoms with Crippen LogP contribution in [0.1, 0.15) is 22.6 Å². The second kappa shape index (κ2) is 6.91. The number of aryl methyl sites for hydroxylation is 2. The Bertz CT molecular complexity index is 623. The van der Waals surface area contributed by atoms with Gasteiger partial charge in [0, 0.05) is 23.0 Å². The second-order valence-corrected chi connectivity index (χ2v) is 6.38. The Morgan fingerprint density at radius 3 is 2.67 bits per heavy atom. The van der Waals surface area contributed by atoms with Gasteiger partial charge in [-0.3, -0.25) is 4.79 Å². The lowest BCUT2D eigenvalue weighted by atomic mass is 10.2. The first-order chi connectivity index (χ1) is 9.97. The minimum absolute atomic E-state index is 0.0716. The number of aromatic nitrogens is 1. The van der Waals surface area contributed by atoms with E-state index in [9.17, 15) is 4.79 Å². The first kappa shape index (κ1) is 15.8. The molecule has 1 heterocycles. The summed E-state index contributed by atoms with van der Waals surface area (Å²) in [7, 11) is 0. The number of halogens is 1. The van der Waals surface area contributed by atoms with Gasteiger partial charge in [-0.25, -0.2) is 4.98 Å². The van der Waals surface area contributed by atoms with Crippen molar-refractivity contribution in [2.75, 3.05) is 11.4 Å². The Hall–Kier alpha value is -1.59. The van der Waals surface area contributed by atoms with Crippen molar-refractivity contribution in [1.29, 1.82) is 0 Å². The maximum Gasteiger partial charge on any atom is 0.305 e. The topological polar surface area (TPSA) is 53.4 Å². The van der Waals surface area contributed by atoms with Gasteiger partial charge in [0.25, 0.3) is 0 Å². The second-order valence-electron chi connectivity index (χ2n) is 4.79. The summed E-state index contributed by atoms with van der Waals surface area (Å²) in [5.74, 6) is -0.816. The summed E-state index contributed by atoms with van der Waals surface area (Å²) < 4.78 is 0. The molecule has 1 aromatic heterocycles. The van der Waals surface area contributed by atoms with E-state index in [0.717, 1.165) is 21.3 Å². The van der Waals surface area contributed by atoms with Crippen LogP contribution in [0.4, 0.5) is 5.13 Å². The van der Waals surface area contributed by atoms with Gasteiger partial charge in [0.15, 0.2) is 5.13 Å². The lowest BCUT2D eigenvalue weighted by Gasteiger charge is -2.21. The van der Waals surface area contributed by atoms with E-state index in [1.165, 1.54) is 0 Å². The summed E-state index contributed by atoms with van der Waals surface area (Å²) in [6.45, 7) is 4.94. The molecule has 0 fully saturated rings. The minimum Gasteiger partial charge on any atom is -0.481 e. The van der Waals surface area contributed by atoms with Crippen LogP contribution in [0.15, 0.2) is 24.3 Å². The maximum atomic E-state index is 10.9. The molecular formula is C15H17ClN2O2S. The summed E-state index contributed by atoms with van der Waals surface area (Å²) in [4.78, 5) is 18.5. The highest BCUT2D eigenvalue weighted by atomic mass is 35.5. The maximum absolute atomic E-state index is 10.9. The van der Waals surface area contributed by atoms with Gasteiger partial charge in [-0.15, -0.1) is 11.3 Å². The molecule has 0 atom stereocenters. The number of anilines is 1. The van der Waals surface area contributed by atoms with E-state index in [1.54, 1.807) is 11.3 Å². The fourth-order valence-electron chi connectivity index (χ4n) is 1.90. The van der Waals surface area contributed by atoms with Crippen molar-refractivity contribution in [3.05, 3.63) is 45.4 Å². The average molecular weight is 325 g/mol. The molecule has 0 aliphatic heterocycles. The molecule has 0 radical (unpaired) electrons. The lowest BCUT2D eigenvalue weighted by molar-refractivity contribution is -0.136. The zero-order valence-electron chi connectivity index (χ0n) is 12.0. The minimum atomic E-state index is -0.816. The Kier molecular flexibility index (Phi) is 5.20. The molecular weight excluding hydrogens is 308 g/mol. The number of nitrogens with zero attached hydrogens (tertiary/aromatic N) is 2. The third kappa shape index (κ3) is 4.19. The van der Waals surface area contributed by atoms with E-state index in [-0.39, 0.29) is 6.42 Å². The molecule has 1 N–H and O–H groups in total. The van der Waals surface area contributed by atoms with Crippen molar-refractivity contribution >= 4 is 34.0 Å². The zero-order valence-corrected chi connectivity index (χ0v) is 13.5. The molecule has 4 nitrogen and oxygen atoms in total. The Labute approximate surface area is 133 Å². The quantitative estimate of drug-likeness (QED) is 0.875. The summed E-state index contributed by atoms with van der Waals surface area (Å²) in [5, 5.41) is 10.4. The van der Waals surface area contributed by atoms with Crippen LogP contribution in [-0.4, -0.2) is 22.6 Å². The van der Waals surface area contributed by atoms with Crippen LogP contribution in [0.2, 0.25) is 5.02 Å². The highest BCUT2D eigenvalue weighted by Gasteiger charge is 2.15. The van der Waals surface area contributed by atoms with Crippen LogP contribution < -0.4 is 4.90 Å². The van der Waals surface area contributed by atoms with Crippen LogP contribution in [0.25, 0.3) is 0 Å². The molecule has 0 spiro atoms. The smallest absolute Gasteiger partial charge is 0.305 e. The van der Waals surface area contributed by atoms with E-state index < -0.39 is 5.97 Å². The van der Waals surface area contributed by atoms with Gasteiger partial charge in [0.05, 0.1) is 12.1 Å². The number of carboxylic acids is 1. The standard InChI is InChI=1S/C15H17ClN2O2S/c1-10-11(2)21-15(17-10)18(8-7-14(19)20)9-12-5-3-4-6-13(12)16/h3-6H,7-9H2,1-2H3,(H,19,20). The summed E-state index contributed by atoms with van der Waals surface area (Å²) in [6, 6.07) is 7.59. The number of carboxylic acid groups (broad SMARTS) is 1. The molecule has 0 aliphatic rings. The summed E-state index contributed by atoms with van der Waals surface area (Å²) in [5.41, 5.74) is 1.95. The highest BCUT2D eigenvalue weighted by molar-refractivity contribution is 7.15. The molecule has 1 aromatic carbocycles.